The molecule has 0 heterocycles. The van der Waals surface area contributed by atoms with Gasteiger partial charge in [0.2, 0.25) is 0 Å². The van der Waals surface area contributed by atoms with E-state index in [1.807, 2.05) is 31.2 Å². The van der Waals surface area contributed by atoms with E-state index in [4.69, 9.17) is 9.47 Å². The molecule has 25 heavy (non-hydrogen) atoms. The van der Waals surface area contributed by atoms with Crippen molar-refractivity contribution in [3.63, 3.8) is 0 Å². The number of ether oxygens (including phenoxy) is 2. The van der Waals surface area contributed by atoms with Crippen LogP contribution in [-0.2, 0) is 4.79 Å². The predicted octanol–water partition coefficient (Wildman–Crippen LogP) is 2.96. The van der Waals surface area contributed by atoms with Crippen molar-refractivity contribution in [3.8, 4) is 11.5 Å². The topological polar surface area (TPSA) is 72.0 Å². The van der Waals surface area contributed by atoms with Crippen molar-refractivity contribution in [3.05, 3.63) is 53.6 Å². The highest BCUT2D eigenvalue weighted by Gasteiger charge is 2.11. The Bertz CT molecular complexity index is 742. The van der Waals surface area contributed by atoms with Gasteiger partial charge in [-0.25, -0.2) is 5.43 Å². The molecule has 6 heteroatoms. The molecule has 0 aliphatic heterocycles. The van der Waals surface area contributed by atoms with Crippen molar-refractivity contribution in [2.45, 2.75) is 19.9 Å². The minimum atomic E-state index is -0.419. The molecule has 2 rings (SSSR count). The lowest BCUT2D eigenvalue weighted by Gasteiger charge is -2.13. The largest absolute Gasteiger partial charge is 0.497 e. The molecule has 0 aromatic heterocycles. The molecule has 132 valence electrons. The smallest absolute Gasteiger partial charge is 0.262 e. The summed E-state index contributed by atoms with van der Waals surface area (Å²) in [5, 5.41) is 7.13. The average Bonchev–Trinajstić information content (AvgIpc) is 2.63. The Labute approximate surface area is 147 Å². The Morgan fingerprint density at radius 1 is 1.12 bits per heavy atom. The maximum Gasteiger partial charge on any atom is 0.262 e. The molecule has 0 spiro atoms. The third-order valence-electron chi connectivity index (χ3n) is 3.65. The standard InChI is InChI=1S/C19H23N3O3/c1-13-5-8-16(9-6-13)21-14(2)19(23)22-20-12-15-7-10-17(24-3)11-18(15)25-4/h5-12,14,21H,1-4H3,(H,22,23)/b20-12+. The molecule has 1 atom stereocenters. The van der Waals surface area contributed by atoms with Crippen molar-refractivity contribution in [1.29, 1.82) is 0 Å². The second-order valence-electron chi connectivity index (χ2n) is 5.57. The average molecular weight is 341 g/mol. The maximum atomic E-state index is 12.1. The van der Waals surface area contributed by atoms with Crippen LogP contribution >= 0.6 is 0 Å². The van der Waals surface area contributed by atoms with E-state index in [0.29, 0.717) is 11.5 Å². The van der Waals surface area contributed by atoms with Gasteiger partial charge in [-0.2, -0.15) is 5.10 Å². The molecule has 0 aliphatic rings. The van der Waals surface area contributed by atoms with Crippen LogP contribution in [0.15, 0.2) is 47.6 Å². The van der Waals surface area contributed by atoms with Gasteiger partial charge in [0.25, 0.3) is 5.91 Å². The number of amides is 1. The molecule has 0 saturated heterocycles. The number of nitrogens with zero attached hydrogens (tertiary/aromatic N) is 1. The fraction of sp³-hybridized carbons (Fsp3) is 0.263. The van der Waals surface area contributed by atoms with Crippen LogP contribution in [0, 0.1) is 6.92 Å². The van der Waals surface area contributed by atoms with Crippen LogP contribution in [0.1, 0.15) is 18.1 Å². The number of methoxy groups -OCH3 is 2. The molecule has 0 fully saturated rings. The molecule has 1 unspecified atom stereocenters. The van der Waals surface area contributed by atoms with Crippen LogP contribution < -0.4 is 20.2 Å². The zero-order chi connectivity index (χ0) is 18.2. The minimum Gasteiger partial charge on any atom is -0.497 e. The lowest BCUT2D eigenvalue weighted by molar-refractivity contribution is -0.121. The maximum absolute atomic E-state index is 12.1. The normalized spacial score (nSPS) is 11.8. The van der Waals surface area contributed by atoms with Gasteiger partial charge in [0.15, 0.2) is 0 Å². The number of hydrogen-bond acceptors (Lipinski definition) is 5. The van der Waals surface area contributed by atoms with Crippen LogP contribution in [0.2, 0.25) is 0 Å². The Kier molecular flexibility index (Phi) is 6.39. The summed E-state index contributed by atoms with van der Waals surface area (Å²) in [6.07, 6.45) is 1.54. The van der Waals surface area contributed by atoms with Crippen LogP contribution in [0.3, 0.4) is 0 Å². The summed E-state index contributed by atoms with van der Waals surface area (Å²) in [7, 11) is 3.16. The fourth-order valence-corrected chi connectivity index (χ4v) is 2.15. The number of carbonyl (C=O) groups excluding carboxylic acids is 1. The van der Waals surface area contributed by atoms with Crippen LogP contribution in [0.25, 0.3) is 0 Å². The van der Waals surface area contributed by atoms with Gasteiger partial charge < -0.3 is 14.8 Å². The quantitative estimate of drug-likeness (QED) is 0.600. The molecule has 2 N–H and O–H groups in total. The highest BCUT2D eigenvalue weighted by Crippen LogP contribution is 2.22. The second-order valence-corrected chi connectivity index (χ2v) is 5.57. The fourth-order valence-electron chi connectivity index (χ4n) is 2.15. The Balaban J connectivity index is 1.94. The van der Waals surface area contributed by atoms with E-state index in [9.17, 15) is 4.79 Å². The van der Waals surface area contributed by atoms with Gasteiger partial charge in [-0.1, -0.05) is 17.7 Å². The van der Waals surface area contributed by atoms with Crippen molar-refractivity contribution in [1.82, 2.24) is 5.43 Å². The first-order valence-electron chi connectivity index (χ1n) is 7.91. The lowest BCUT2D eigenvalue weighted by Crippen LogP contribution is -2.34. The van der Waals surface area contributed by atoms with Gasteiger partial charge in [0, 0.05) is 17.3 Å². The SMILES string of the molecule is COc1ccc(/C=N/NC(=O)C(C)Nc2ccc(C)cc2)c(OC)c1. The van der Waals surface area contributed by atoms with Crippen molar-refractivity contribution in [2.75, 3.05) is 19.5 Å². The van der Waals surface area contributed by atoms with E-state index in [1.165, 1.54) is 11.8 Å². The first kappa shape index (κ1) is 18.3. The number of hydrogen-bond donors (Lipinski definition) is 2. The Hall–Kier alpha value is -3.02. The van der Waals surface area contributed by atoms with Gasteiger partial charge in [-0.3, -0.25) is 4.79 Å². The van der Waals surface area contributed by atoms with Crippen molar-refractivity contribution in [2.24, 2.45) is 5.10 Å². The summed E-state index contributed by atoms with van der Waals surface area (Å²) in [5.41, 5.74) is 5.31. The molecule has 2 aromatic carbocycles. The molecule has 2 aromatic rings. The summed E-state index contributed by atoms with van der Waals surface area (Å²) >= 11 is 0. The van der Waals surface area contributed by atoms with Gasteiger partial charge in [0.05, 0.1) is 20.4 Å². The molecule has 0 bridgehead atoms. The van der Waals surface area contributed by atoms with Crippen LogP contribution in [-0.4, -0.2) is 32.4 Å². The number of carbonyl (C=O) groups is 1. The van der Waals surface area contributed by atoms with E-state index >= 15 is 0 Å². The molecule has 0 radical (unpaired) electrons. The van der Waals surface area contributed by atoms with Gasteiger partial charge in [-0.05, 0) is 38.1 Å². The van der Waals surface area contributed by atoms with E-state index in [2.05, 4.69) is 15.8 Å². The first-order chi connectivity index (χ1) is 12.0. The minimum absolute atomic E-state index is 0.232. The summed E-state index contributed by atoms with van der Waals surface area (Å²) in [5.74, 6) is 1.07. The monoisotopic (exact) mass is 341 g/mol. The molecule has 1 amide bonds. The zero-order valence-corrected chi connectivity index (χ0v) is 14.9. The van der Waals surface area contributed by atoms with Crippen LogP contribution in [0.4, 0.5) is 5.69 Å². The summed E-state index contributed by atoms with van der Waals surface area (Å²) < 4.78 is 10.4. The molecular weight excluding hydrogens is 318 g/mol. The lowest BCUT2D eigenvalue weighted by atomic mass is 10.2. The highest BCUT2D eigenvalue weighted by atomic mass is 16.5. The summed E-state index contributed by atoms with van der Waals surface area (Å²) in [6, 6.07) is 12.8. The first-order valence-corrected chi connectivity index (χ1v) is 7.91. The number of benzene rings is 2. The van der Waals surface area contributed by atoms with Crippen molar-refractivity contribution < 1.29 is 14.3 Å². The summed E-state index contributed by atoms with van der Waals surface area (Å²) in [6.45, 7) is 3.79. The number of nitrogens with one attached hydrogen (secondary N) is 2. The number of rotatable bonds is 7. The number of anilines is 1. The second kappa shape index (κ2) is 8.73. The summed E-state index contributed by atoms with van der Waals surface area (Å²) in [4.78, 5) is 12.1. The van der Waals surface area contributed by atoms with Crippen molar-refractivity contribution >= 4 is 17.8 Å². The highest BCUT2D eigenvalue weighted by molar-refractivity contribution is 5.87. The molecule has 6 nitrogen and oxygen atoms in total. The van der Waals surface area contributed by atoms with Gasteiger partial charge in [0.1, 0.15) is 17.5 Å². The Morgan fingerprint density at radius 3 is 2.48 bits per heavy atom. The van der Waals surface area contributed by atoms with E-state index in [0.717, 1.165) is 11.3 Å². The van der Waals surface area contributed by atoms with Crippen LogP contribution in [0.5, 0.6) is 11.5 Å². The molecule has 0 aliphatic carbocycles. The Morgan fingerprint density at radius 2 is 1.84 bits per heavy atom. The third-order valence-corrected chi connectivity index (χ3v) is 3.65. The molecule has 0 saturated carbocycles. The predicted molar refractivity (Wildman–Crippen MR) is 99.5 cm³/mol. The third kappa shape index (κ3) is 5.24. The molecular formula is C19H23N3O3. The van der Waals surface area contributed by atoms with Gasteiger partial charge in [-0.15, -0.1) is 0 Å². The van der Waals surface area contributed by atoms with E-state index in [-0.39, 0.29) is 5.91 Å². The van der Waals surface area contributed by atoms with Gasteiger partial charge >= 0.3 is 0 Å². The van der Waals surface area contributed by atoms with E-state index < -0.39 is 6.04 Å². The number of aryl methyl sites for hydroxylation is 1. The zero-order valence-electron chi connectivity index (χ0n) is 14.9. The van der Waals surface area contributed by atoms with E-state index in [1.54, 1.807) is 39.3 Å². The number of hydrazone groups is 1.